The van der Waals surface area contributed by atoms with E-state index in [0.29, 0.717) is 0 Å². The monoisotopic (exact) mass is 114 g/mol. The maximum atomic E-state index is 10.7. The minimum atomic E-state index is -0.734. The number of ketones is 1. The average Bonchev–Trinajstić information content (AvgIpc) is 2.43. The number of rotatable bonds is 2. The molecule has 0 saturated heterocycles. The molecule has 0 aromatic heterocycles. The van der Waals surface area contributed by atoms with Gasteiger partial charge in [-0.2, -0.15) is 0 Å². The van der Waals surface area contributed by atoms with Crippen LogP contribution >= 0.6 is 0 Å². The van der Waals surface area contributed by atoms with E-state index >= 15 is 0 Å². The van der Waals surface area contributed by atoms with Gasteiger partial charge in [0.25, 0.3) is 0 Å². The standard InChI is InChI=1S/C6H10O2/c1-4(7)6(8)5-2-3-5/h4-5,7H,2-3H2,1H3/t4-/m1/s1. The number of carbonyl (C=O) groups is 1. The van der Waals surface area contributed by atoms with Gasteiger partial charge in [-0.05, 0) is 19.8 Å². The van der Waals surface area contributed by atoms with Crippen molar-refractivity contribution < 1.29 is 9.90 Å². The fourth-order valence-electron chi connectivity index (χ4n) is 0.709. The Hall–Kier alpha value is -0.370. The van der Waals surface area contributed by atoms with Gasteiger partial charge in [-0.25, -0.2) is 0 Å². The summed E-state index contributed by atoms with van der Waals surface area (Å²) < 4.78 is 0. The molecule has 1 aliphatic carbocycles. The van der Waals surface area contributed by atoms with Crippen molar-refractivity contribution in [1.29, 1.82) is 0 Å². The minimum absolute atomic E-state index is 0.0185. The van der Waals surface area contributed by atoms with Crippen molar-refractivity contribution in [2.24, 2.45) is 5.92 Å². The summed E-state index contributed by atoms with van der Waals surface area (Å²) in [4.78, 5) is 10.7. The lowest BCUT2D eigenvalue weighted by atomic mass is 10.2. The molecule has 1 saturated carbocycles. The smallest absolute Gasteiger partial charge is 0.164 e. The van der Waals surface area contributed by atoms with Crippen molar-refractivity contribution in [1.82, 2.24) is 0 Å². The van der Waals surface area contributed by atoms with Gasteiger partial charge < -0.3 is 5.11 Å². The molecular weight excluding hydrogens is 104 g/mol. The number of aliphatic hydroxyl groups is 1. The maximum Gasteiger partial charge on any atom is 0.164 e. The van der Waals surface area contributed by atoms with Crippen LogP contribution in [0.4, 0.5) is 0 Å². The molecular formula is C6H10O2. The Balaban J connectivity index is 2.33. The van der Waals surface area contributed by atoms with Crippen molar-refractivity contribution >= 4 is 5.78 Å². The molecule has 0 spiro atoms. The van der Waals surface area contributed by atoms with Crippen molar-refractivity contribution in [3.8, 4) is 0 Å². The van der Waals surface area contributed by atoms with Gasteiger partial charge in [0.1, 0.15) is 6.10 Å². The molecule has 0 heterocycles. The van der Waals surface area contributed by atoms with Crippen LogP contribution in [0, 0.1) is 5.92 Å². The predicted molar refractivity (Wildman–Crippen MR) is 29.4 cm³/mol. The normalized spacial score (nSPS) is 22.8. The van der Waals surface area contributed by atoms with Crippen molar-refractivity contribution in [3.63, 3.8) is 0 Å². The molecule has 2 heteroatoms. The third-order valence-corrected chi connectivity index (χ3v) is 1.39. The molecule has 0 radical (unpaired) electrons. The summed E-state index contributed by atoms with van der Waals surface area (Å²) in [5, 5.41) is 8.68. The molecule has 8 heavy (non-hydrogen) atoms. The molecule has 46 valence electrons. The van der Waals surface area contributed by atoms with E-state index < -0.39 is 6.10 Å². The first-order valence-electron chi connectivity index (χ1n) is 2.93. The number of Topliss-reactive ketones (excluding diaryl/α,β-unsaturated/α-hetero) is 1. The van der Waals surface area contributed by atoms with Crippen LogP contribution in [0.3, 0.4) is 0 Å². The highest BCUT2D eigenvalue weighted by molar-refractivity contribution is 5.86. The number of hydrogen-bond donors (Lipinski definition) is 1. The highest BCUT2D eigenvalue weighted by Gasteiger charge is 2.31. The van der Waals surface area contributed by atoms with E-state index in [1.165, 1.54) is 6.92 Å². The number of aliphatic hydroxyl groups excluding tert-OH is 1. The summed E-state index contributed by atoms with van der Waals surface area (Å²) in [6.07, 6.45) is 1.25. The zero-order valence-corrected chi connectivity index (χ0v) is 4.92. The van der Waals surface area contributed by atoms with Crippen LogP contribution in [0.25, 0.3) is 0 Å². The first kappa shape index (κ1) is 5.76. The van der Waals surface area contributed by atoms with E-state index in [9.17, 15) is 4.79 Å². The van der Waals surface area contributed by atoms with E-state index in [1.54, 1.807) is 0 Å². The molecule has 1 N–H and O–H groups in total. The lowest BCUT2D eigenvalue weighted by Gasteiger charge is -1.97. The lowest BCUT2D eigenvalue weighted by molar-refractivity contribution is -0.127. The second-order valence-electron chi connectivity index (χ2n) is 2.35. The molecule has 0 amide bonds. The molecule has 0 aliphatic heterocycles. The Labute approximate surface area is 48.5 Å². The van der Waals surface area contributed by atoms with Crippen LogP contribution in [-0.2, 0) is 4.79 Å². The largest absolute Gasteiger partial charge is 0.386 e. The van der Waals surface area contributed by atoms with Crippen molar-refractivity contribution in [3.05, 3.63) is 0 Å². The molecule has 1 atom stereocenters. The summed E-state index contributed by atoms with van der Waals surface area (Å²) in [5.74, 6) is 0.222. The second kappa shape index (κ2) is 1.86. The van der Waals surface area contributed by atoms with E-state index in [0.717, 1.165) is 12.8 Å². The van der Waals surface area contributed by atoms with Gasteiger partial charge in [0, 0.05) is 5.92 Å². The van der Waals surface area contributed by atoms with E-state index in [4.69, 9.17) is 5.11 Å². The second-order valence-corrected chi connectivity index (χ2v) is 2.35. The topological polar surface area (TPSA) is 37.3 Å². The zero-order valence-electron chi connectivity index (χ0n) is 4.92. The minimum Gasteiger partial charge on any atom is -0.386 e. The summed E-state index contributed by atoms with van der Waals surface area (Å²) in [6, 6.07) is 0. The molecule has 1 aliphatic rings. The van der Waals surface area contributed by atoms with Crippen LogP contribution in [0.1, 0.15) is 19.8 Å². The highest BCUT2D eigenvalue weighted by Crippen LogP contribution is 2.30. The first-order valence-corrected chi connectivity index (χ1v) is 2.93. The third-order valence-electron chi connectivity index (χ3n) is 1.39. The Kier molecular flexibility index (Phi) is 1.34. The van der Waals surface area contributed by atoms with Gasteiger partial charge in [-0.1, -0.05) is 0 Å². The van der Waals surface area contributed by atoms with Crippen LogP contribution < -0.4 is 0 Å². The average molecular weight is 114 g/mol. The molecule has 0 bridgehead atoms. The summed E-state index contributed by atoms with van der Waals surface area (Å²) in [7, 11) is 0. The van der Waals surface area contributed by atoms with E-state index in [1.807, 2.05) is 0 Å². The van der Waals surface area contributed by atoms with Crippen molar-refractivity contribution in [2.75, 3.05) is 0 Å². The van der Waals surface area contributed by atoms with Gasteiger partial charge >= 0.3 is 0 Å². The van der Waals surface area contributed by atoms with Crippen molar-refractivity contribution in [2.45, 2.75) is 25.9 Å². The zero-order chi connectivity index (χ0) is 6.15. The first-order chi connectivity index (χ1) is 3.72. The van der Waals surface area contributed by atoms with Gasteiger partial charge in [0.15, 0.2) is 5.78 Å². The van der Waals surface area contributed by atoms with Gasteiger partial charge in [0.2, 0.25) is 0 Å². The fraction of sp³-hybridized carbons (Fsp3) is 0.833. The molecule has 1 fully saturated rings. The molecule has 0 aromatic carbocycles. The van der Waals surface area contributed by atoms with Crippen LogP contribution in [0.2, 0.25) is 0 Å². The molecule has 1 rings (SSSR count). The number of hydrogen-bond acceptors (Lipinski definition) is 2. The lowest BCUT2D eigenvalue weighted by Crippen LogP contribution is -2.17. The molecule has 0 aromatic rings. The summed E-state index contributed by atoms with van der Waals surface area (Å²) >= 11 is 0. The molecule has 0 unspecified atom stereocenters. The summed E-state index contributed by atoms with van der Waals surface area (Å²) in [6.45, 7) is 1.53. The fourth-order valence-corrected chi connectivity index (χ4v) is 0.709. The van der Waals surface area contributed by atoms with Gasteiger partial charge in [-0.3, -0.25) is 4.79 Å². The molecule has 2 nitrogen and oxygen atoms in total. The summed E-state index contributed by atoms with van der Waals surface area (Å²) in [5.41, 5.74) is 0. The van der Waals surface area contributed by atoms with E-state index in [2.05, 4.69) is 0 Å². The van der Waals surface area contributed by atoms with Gasteiger partial charge in [-0.15, -0.1) is 0 Å². The van der Waals surface area contributed by atoms with Crippen LogP contribution in [0.5, 0.6) is 0 Å². The Morgan fingerprint density at radius 2 is 2.25 bits per heavy atom. The third kappa shape index (κ3) is 1.07. The Morgan fingerprint density at radius 3 is 2.38 bits per heavy atom. The van der Waals surface area contributed by atoms with Crippen LogP contribution in [-0.4, -0.2) is 17.0 Å². The highest BCUT2D eigenvalue weighted by atomic mass is 16.3. The maximum absolute atomic E-state index is 10.7. The Bertz CT molecular complexity index is 99.1. The predicted octanol–water partition coefficient (Wildman–Crippen LogP) is 0.346. The van der Waals surface area contributed by atoms with Gasteiger partial charge in [0.05, 0.1) is 0 Å². The quantitative estimate of drug-likeness (QED) is 0.562. The number of carbonyl (C=O) groups excluding carboxylic acids is 1. The van der Waals surface area contributed by atoms with Crippen LogP contribution in [0.15, 0.2) is 0 Å². The van der Waals surface area contributed by atoms with E-state index in [-0.39, 0.29) is 11.7 Å². The SMILES string of the molecule is C[C@@H](O)C(=O)C1CC1. The Morgan fingerprint density at radius 1 is 1.75 bits per heavy atom.